The van der Waals surface area contributed by atoms with Gasteiger partial charge in [0, 0.05) is 11.4 Å². The van der Waals surface area contributed by atoms with Gasteiger partial charge in [-0.1, -0.05) is 0 Å². The Labute approximate surface area is 122 Å². The maximum atomic E-state index is 9.21. The van der Waals surface area contributed by atoms with Crippen LogP contribution in [0.4, 0.5) is 0 Å². The summed E-state index contributed by atoms with van der Waals surface area (Å²) >= 11 is 0. The number of benzene rings is 1. The smallest absolute Gasteiger partial charge is 0.187 e. The highest BCUT2D eigenvalue weighted by atomic mass is 35.5. The van der Waals surface area contributed by atoms with Crippen LogP contribution < -0.4 is 15.2 Å². The second kappa shape index (κ2) is 5.87. The molecule has 0 amide bonds. The quantitative estimate of drug-likeness (QED) is 0.881. The molecule has 2 heterocycles. The van der Waals surface area contributed by atoms with Crippen molar-refractivity contribution in [1.82, 2.24) is 9.78 Å². The molecule has 1 aliphatic heterocycles. The Morgan fingerprint density at radius 3 is 3.05 bits per heavy atom. The number of hydrogen-bond acceptors (Lipinski definition) is 5. The Kier molecular flexibility index (Phi) is 4.37. The lowest BCUT2D eigenvalue weighted by Crippen LogP contribution is -2.32. The Morgan fingerprint density at radius 1 is 1.55 bits per heavy atom. The van der Waals surface area contributed by atoms with Gasteiger partial charge in [-0.2, -0.15) is 5.10 Å². The molecule has 7 heteroatoms. The molecule has 0 radical (unpaired) electrons. The number of rotatable bonds is 3. The van der Waals surface area contributed by atoms with Crippen molar-refractivity contribution in [3.8, 4) is 11.5 Å². The van der Waals surface area contributed by atoms with Crippen LogP contribution >= 0.6 is 12.4 Å². The van der Waals surface area contributed by atoms with Crippen molar-refractivity contribution in [2.45, 2.75) is 25.6 Å². The predicted octanol–water partition coefficient (Wildman–Crippen LogP) is 0.937. The van der Waals surface area contributed by atoms with Crippen molar-refractivity contribution in [3.63, 3.8) is 0 Å². The van der Waals surface area contributed by atoms with Gasteiger partial charge in [-0.05, 0) is 19.1 Å². The number of hydrogen-bond donors (Lipinski definition) is 2. The van der Waals surface area contributed by atoms with Gasteiger partial charge in [-0.25, -0.2) is 0 Å². The van der Waals surface area contributed by atoms with Crippen molar-refractivity contribution >= 4 is 23.3 Å². The van der Waals surface area contributed by atoms with Crippen molar-refractivity contribution in [3.05, 3.63) is 18.3 Å². The molecule has 0 aliphatic carbocycles. The summed E-state index contributed by atoms with van der Waals surface area (Å²) in [6, 6.07) is 3.81. The van der Waals surface area contributed by atoms with Crippen LogP contribution in [0.15, 0.2) is 18.3 Å². The van der Waals surface area contributed by atoms with Crippen molar-refractivity contribution in [2.75, 3.05) is 13.2 Å². The molecule has 1 aliphatic rings. The molecule has 3 N–H and O–H groups in total. The lowest BCUT2D eigenvalue weighted by atomic mass is 10.2. The highest BCUT2D eigenvalue weighted by molar-refractivity contribution is 5.87. The molecule has 1 aromatic heterocycles. The van der Waals surface area contributed by atoms with E-state index in [1.165, 1.54) is 0 Å². The molecule has 2 aromatic rings. The zero-order valence-electron chi connectivity index (χ0n) is 11.2. The maximum absolute atomic E-state index is 9.21. The Morgan fingerprint density at radius 2 is 2.35 bits per heavy atom. The van der Waals surface area contributed by atoms with E-state index in [0.29, 0.717) is 24.7 Å². The zero-order valence-corrected chi connectivity index (χ0v) is 12.0. The first-order valence-corrected chi connectivity index (χ1v) is 6.33. The highest BCUT2D eigenvalue weighted by Crippen LogP contribution is 2.38. The average Bonchev–Trinajstić information content (AvgIpc) is 2.81. The number of aliphatic hydroxyl groups is 1. The molecule has 0 saturated heterocycles. The molecule has 1 aromatic carbocycles. The number of aromatic nitrogens is 2. The van der Waals surface area contributed by atoms with E-state index in [1.54, 1.807) is 6.20 Å². The van der Waals surface area contributed by atoms with Gasteiger partial charge in [0.15, 0.2) is 17.6 Å². The van der Waals surface area contributed by atoms with Crippen LogP contribution in [0.5, 0.6) is 11.5 Å². The van der Waals surface area contributed by atoms with Gasteiger partial charge in [-0.15, -0.1) is 12.4 Å². The summed E-state index contributed by atoms with van der Waals surface area (Å²) in [6.45, 7) is 2.82. The number of fused-ring (bicyclic) bond motifs is 3. The van der Waals surface area contributed by atoms with Crippen LogP contribution in [0.2, 0.25) is 0 Å². The number of ether oxygens (including phenoxy) is 2. The maximum Gasteiger partial charge on any atom is 0.187 e. The van der Waals surface area contributed by atoms with Gasteiger partial charge in [0.05, 0.1) is 19.3 Å². The second-order valence-corrected chi connectivity index (χ2v) is 4.87. The fourth-order valence-corrected chi connectivity index (χ4v) is 2.24. The first kappa shape index (κ1) is 14.9. The van der Waals surface area contributed by atoms with E-state index in [4.69, 9.17) is 15.2 Å². The number of nitrogens with two attached hydrogens (primary N) is 1. The summed E-state index contributed by atoms with van der Waals surface area (Å²) < 4.78 is 13.2. The zero-order chi connectivity index (χ0) is 13.4. The van der Waals surface area contributed by atoms with Crippen molar-refractivity contribution in [2.24, 2.45) is 5.73 Å². The first-order chi connectivity index (χ1) is 9.19. The van der Waals surface area contributed by atoms with E-state index >= 15 is 0 Å². The third kappa shape index (κ3) is 2.54. The van der Waals surface area contributed by atoms with E-state index in [0.717, 1.165) is 10.9 Å². The largest absolute Gasteiger partial charge is 0.486 e. The number of aliphatic hydroxyl groups excluding tert-OH is 1. The van der Waals surface area contributed by atoms with E-state index in [9.17, 15) is 5.11 Å². The van der Waals surface area contributed by atoms with E-state index < -0.39 is 0 Å². The predicted molar refractivity (Wildman–Crippen MR) is 77.6 cm³/mol. The Balaban J connectivity index is 0.00000147. The van der Waals surface area contributed by atoms with Gasteiger partial charge in [0.1, 0.15) is 12.1 Å². The molecule has 0 bridgehead atoms. The highest BCUT2D eigenvalue weighted by Gasteiger charge is 2.24. The van der Waals surface area contributed by atoms with Crippen molar-refractivity contribution < 1.29 is 14.6 Å². The summed E-state index contributed by atoms with van der Waals surface area (Å²) in [5.74, 6) is 1.32. The van der Waals surface area contributed by atoms with Gasteiger partial charge >= 0.3 is 0 Å². The van der Waals surface area contributed by atoms with E-state index in [-0.39, 0.29) is 31.2 Å². The molecular formula is C13H18ClN3O3. The van der Waals surface area contributed by atoms with Crippen molar-refractivity contribution in [1.29, 1.82) is 0 Å². The molecule has 0 spiro atoms. The first-order valence-electron chi connectivity index (χ1n) is 6.33. The Hall–Kier alpha value is -1.50. The normalized spacial score (nSPS) is 18.6. The van der Waals surface area contributed by atoms with Gasteiger partial charge in [0.25, 0.3) is 0 Å². The lowest BCUT2D eigenvalue weighted by molar-refractivity contribution is 0.0468. The fraction of sp³-hybridized carbons (Fsp3) is 0.462. The van der Waals surface area contributed by atoms with E-state index in [2.05, 4.69) is 5.10 Å². The molecule has 0 fully saturated rings. The summed E-state index contributed by atoms with van der Waals surface area (Å²) in [7, 11) is 0. The van der Waals surface area contributed by atoms with Crippen LogP contribution in [0.3, 0.4) is 0 Å². The molecule has 6 nitrogen and oxygen atoms in total. The van der Waals surface area contributed by atoms with Crippen LogP contribution in [0, 0.1) is 0 Å². The Bertz CT molecular complexity index is 600. The summed E-state index contributed by atoms with van der Waals surface area (Å²) in [6.07, 6.45) is 1.45. The fourth-order valence-electron chi connectivity index (χ4n) is 2.24. The molecule has 20 heavy (non-hydrogen) atoms. The monoisotopic (exact) mass is 299 g/mol. The molecule has 110 valence electrons. The minimum atomic E-state index is -0.336. The minimum Gasteiger partial charge on any atom is -0.486 e. The summed E-state index contributed by atoms with van der Waals surface area (Å²) in [5.41, 5.74) is 6.70. The van der Waals surface area contributed by atoms with Gasteiger partial charge < -0.3 is 20.3 Å². The molecule has 3 rings (SSSR count). The summed E-state index contributed by atoms with van der Waals surface area (Å²) in [5, 5.41) is 14.5. The topological polar surface area (TPSA) is 82.5 Å². The number of nitrogens with zero attached hydrogens (tertiary/aromatic N) is 2. The molecule has 0 saturated carbocycles. The van der Waals surface area contributed by atoms with Gasteiger partial charge in [-0.3, -0.25) is 4.68 Å². The van der Waals surface area contributed by atoms with E-state index in [1.807, 2.05) is 23.7 Å². The SMILES string of the molecule is CC(N)Cn1ncc2ccc3c(c21)OC(CO)CO3.Cl. The molecule has 2 atom stereocenters. The van der Waals surface area contributed by atoms with Crippen LogP contribution in [-0.2, 0) is 6.54 Å². The second-order valence-electron chi connectivity index (χ2n) is 4.87. The third-order valence-corrected chi connectivity index (χ3v) is 3.09. The minimum absolute atomic E-state index is 0. The van der Waals surface area contributed by atoms with Crippen LogP contribution in [0.25, 0.3) is 10.9 Å². The van der Waals surface area contributed by atoms with Crippen LogP contribution in [-0.4, -0.2) is 40.2 Å². The van der Waals surface area contributed by atoms with Crippen LogP contribution in [0.1, 0.15) is 6.92 Å². The summed E-state index contributed by atoms with van der Waals surface area (Å²) in [4.78, 5) is 0. The molecule has 2 unspecified atom stereocenters. The standard InChI is InChI=1S/C13H17N3O3.ClH/c1-8(14)5-16-12-9(4-15-16)2-3-11-13(12)19-10(6-17)7-18-11;/h2-4,8,10,17H,5-7,14H2,1H3;1H. The van der Waals surface area contributed by atoms with Gasteiger partial charge in [0.2, 0.25) is 0 Å². The lowest BCUT2D eigenvalue weighted by Gasteiger charge is -2.26. The third-order valence-electron chi connectivity index (χ3n) is 3.09. The number of halogens is 1. The average molecular weight is 300 g/mol. The molecular weight excluding hydrogens is 282 g/mol.